The summed E-state index contributed by atoms with van der Waals surface area (Å²) in [6, 6.07) is 3.91. The molecule has 14 heavy (non-hydrogen) atoms. The van der Waals surface area contributed by atoms with Crippen LogP contribution in [-0.2, 0) is 6.54 Å². The molecule has 4 heteroatoms. The number of furan rings is 1. The fourth-order valence-electron chi connectivity index (χ4n) is 1.23. The highest BCUT2D eigenvalue weighted by atomic mass is 32.1. The fourth-order valence-corrected chi connectivity index (χ4v) is 2.11. The Balaban J connectivity index is 2.24. The molecule has 0 aliphatic rings. The van der Waals surface area contributed by atoms with Crippen LogP contribution in [0.1, 0.15) is 10.6 Å². The van der Waals surface area contributed by atoms with Gasteiger partial charge in [-0.2, -0.15) is 0 Å². The minimum Gasteiger partial charge on any atom is -0.459 e. The summed E-state index contributed by atoms with van der Waals surface area (Å²) in [5.74, 6) is 1.78. The highest BCUT2D eigenvalue weighted by Crippen LogP contribution is 2.26. The number of thiazole rings is 1. The molecule has 74 valence electrons. The van der Waals surface area contributed by atoms with E-state index in [4.69, 9.17) is 4.42 Å². The first-order chi connectivity index (χ1) is 6.79. The number of rotatable bonds is 3. The molecule has 0 unspecified atom stereocenters. The average molecular weight is 208 g/mol. The number of hydrogen-bond acceptors (Lipinski definition) is 4. The molecule has 2 aromatic rings. The third kappa shape index (κ3) is 1.86. The predicted molar refractivity (Wildman–Crippen MR) is 57.3 cm³/mol. The van der Waals surface area contributed by atoms with E-state index in [0.29, 0.717) is 0 Å². The Morgan fingerprint density at radius 3 is 3.00 bits per heavy atom. The fraction of sp³-hybridized carbons (Fsp3) is 0.300. The molecule has 0 fully saturated rings. The summed E-state index contributed by atoms with van der Waals surface area (Å²) >= 11 is 1.66. The molecule has 2 rings (SSSR count). The van der Waals surface area contributed by atoms with Gasteiger partial charge in [-0.1, -0.05) is 0 Å². The van der Waals surface area contributed by atoms with Gasteiger partial charge in [0.05, 0.1) is 0 Å². The smallest absolute Gasteiger partial charge is 0.162 e. The van der Waals surface area contributed by atoms with Crippen LogP contribution in [-0.4, -0.2) is 12.0 Å². The molecule has 0 spiro atoms. The van der Waals surface area contributed by atoms with Crippen LogP contribution in [0.25, 0.3) is 10.8 Å². The minimum atomic E-state index is 0.856. The van der Waals surface area contributed by atoms with Gasteiger partial charge in [0.2, 0.25) is 0 Å². The average Bonchev–Trinajstić information content (AvgIpc) is 2.74. The first-order valence-corrected chi connectivity index (χ1v) is 5.27. The molecule has 0 radical (unpaired) electrons. The Morgan fingerprint density at radius 2 is 2.36 bits per heavy atom. The van der Waals surface area contributed by atoms with Gasteiger partial charge >= 0.3 is 0 Å². The van der Waals surface area contributed by atoms with E-state index in [-0.39, 0.29) is 0 Å². The van der Waals surface area contributed by atoms with E-state index in [1.807, 2.05) is 32.3 Å². The lowest BCUT2D eigenvalue weighted by Crippen LogP contribution is -2.02. The van der Waals surface area contributed by atoms with Crippen molar-refractivity contribution in [2.24, 2.45) is 0 Å². The second-order valence-electron chi connectivity index (χ2n) is 3.07. The van der Waals surface area contributed by atoms with E-state index in [1.54, 1.807) is 11.3 Å². The zero-order chi connectivity index (χ0) is 9.97. The molecule has 2 aromatic heterocycles. The SMILES string of the molecule is CNCc1cnc(-c2ccc(C)o2)s1. The van der Waals surface area contributed by atoms with Crippen molar-refractivity contribution in [2.45, 2.75) is 13.5 Å². The molecular formula is C10H12N2OS. The zero-order valence-corrected chi connectivity index (χ0v) is 9.02. The zero-order valence-electron chi connectivity index (χ0n) is 8.20. The van der Waals surface area contributed by atoms with Gasteiger partial charge in [-0.25, -0.2) is 4.98 Å². The minimum absolute atomic E-state index is 0.856. The van der Waals surface area contributed by atoms with Gasteiger partial charge in [-0.3, -0.25) is 0 Å². The molecular weight excluding hydrogens is 196 g/mol. The van der Waals surface area contributed by atoms with E-state index in [1.165, 1.54) is 4.88 Å². The van der Waals surface area contributed by atoms with Crippen molar-refractivity contribution in [3.63, 3.8) is 0 Å². The van der Waals surface area contributed by atoms with Crippen molar-refractivity contribution in [1.29, 1.82) is 0 Å². The van der Waals surface area contributed by atoms with Crippen LogP contribution in [0.5, 0.6) is 0 Å². The normalized spacial score (nSPS) is 10.7. The Bertz CT molecular complexity index is 419. The molecule has 0 saturated carbocycles. The molecule has 0 aliphatic carbocycles. The number of hydrogen-bond donors (Lipinski definition) is 1. The van der Waals surface area contributed by atoms with E-state index >= 15 is 0 Å². The van der Waals surface area contributed by atoms with Crippen molar-refractivity contribution >= 4 is 11.3 Å². The van der Waals surface area contributed by atoms with Crippen molar-refractivity contribution in [3.8, 4) is 10.8 Å². The molecule has 0 aromatic carbocycles. The van der Waals surface area contributed by atoms with Crippen LogP contribution < -0.4 is 5.32 Å². The van der Waals surface area contributed by atoms with Crippen LogP contribution in [0, 0.1) is 6.92 Å². The van der Waals surface area contributed by atoms with Crippen LogP contribution in [0.4, 0.5) is 0 Å². The van der Waals surface area contributed by atoms with Crippen molar-refractivity contribution < 1.29 is 4.42 Å². The topological polar surface area (TPSA) is 38.1 Å². The lowest BCUT2D eigenvalue weighted by atomic mass is 10.4. The number of aromatic nitrogens is 1. The maximum atomic E-state index is 5.49. The van der Waals surface area contributed by atoms with Crippen LogP contribution in [0.15, 0.2) is 22.7 Å². The summed E-state index contributed by atoms with van der Waals surface area (Å²) in [6.07, 6.45) is 1.88. The van der Waals surface area contributed by atoms with E-state index in [2.05, 4.69) is 10.3 Å². The quantitative estimate of drug-likeness (QED) is 0.841. The second kappa shape index (κ2) is 3.94. The highest BCUT2D eigenvalue weighted by Gasteiger charge is 2.07. The molecule has 0 saturated heterocycles. The number of nitrogens with zero attached hydrogens (tertiary/aromatic N) is 1. The lowest BCUT2D eigenvalue weighted by molar-refractivity contribution is 0.548. The summed E-state index contributed by atoms with van der Waals surface area (Å²) < 4.78 is 5.49. The van der Waals surface area contributed by atoms with Gasteiger partial charge in [0, 0.05) is 17.6 Å². The second-order valence-corrected chi connectivity index (χ2v) is 4.19. The summed E-state index contributed by atoms with van der Waals surface area (Å²) in [6.45, 7) is 2.79. The Kier molecular flexibility index (Phi) is 2.65. The molecule has 0 atom stereocenters. The molecule has 1 N–H and O–H groups in total. The third-order valence-corrected chi connectivity index (χ3v) is 2.87. The monoisotopic (exact) mass is 208 g/mol. The maximum Gasteiger partial charge on any atom is 0.162 e. The summed E-state index contributed by atoms with van der Waals surface area (Å²) in [4.78, 5) is 5.52. The van der Waals surface area contributed by atoms with Gasteiger partial charge in [0.25, 0.3) is 0 Å². The van der Waals surface area contributed by atoms with Gasteiger partial charge in [0.1, 0.15) is 5.76 Å². The van der Waals surface area contributed by atoms with Gasteiger partial charge in [-0.05, 0) is 26.1 Å². The Morgan fingerprint density at radius 1 is 1.50 bits per heavy atom. The van der Waals surface area contributed by atoms with E-state index in [9.17, 15) is 0 Å². The Hall–Kier alpha value is -1.13. The van der Waals surface area contributed by atoms with E-state index in [0.717, 1.165) is 23.1 Å². The summed E-state index contributed by atoms with van der Waals surface area (Å²) in [5, 5.41) is 4.04. The number of aryl methyl sites for hydroxylation is 1. The lowest BCUT2D eigenvalue weighted by Gasteiger charge is -1.90. The molecule has 0 aliphatic heterocycles. The molecule has 0 amide bonds. The largest absolute Gasteiger partial charge is 0.459 e. The van der Waals surface area contributed by atoms with Crippen molar-refractivity contribution in [3.05, 3.63) is 29.0 Å². The maximum absolute atomic E-state index is 5.49. The van der Waals surface area contributed by atoms with Crippen molar-refractivity contribution in [1.82, 2.24) is 10.3 Å². The van der Waals surface area contributed by atoms with Crippen LogP contribution in [0.3, 0.4) is 0 Å². The van der Waals surface area contributed by atoms with Gasteiger partial charge in [-0.15, -0.1) is 11.3 Å². The first kappa shape index (κ1) is 9.43. The predicted octanol–water partition coefficient (Wildman–Crippen LogP) is 2.43. The van der Waals surface area contributed by atoms with Gasteiger partial charge in [0.15, 0.2) is 10.8 Å². The van der Waals surface area contributed by atoms with Crippen LogP contribution in [0.2, 0.25) is 0 Å². The third-order valence-electron chi connectivity index (χ3n) is 1.86. The Labute approximate surface area is 86.8 Å². The molecule has 2 heterocycles. The first-order valence-electron chi connectivity index (χ1n) is 4.45. The van der Waals surface area contributed by atoms with Gasteiger partial charge < -0.3 is 9.73 Å². The van der Waals surface area contributed by atoms with Crippen LogP contribution >= 0.6 is 11.3 Å². The standard InChI is InChI=1S/C10H12N2OS/c1-7-3-4-9(13-7)10-12-6-8(14-10)5-11-2/h3-4,6,11H,5H2,1-2H3. The van der Waals surface area contributed by atoms with Crippen molar-refractivity contribution in [2.75, 3.05) is 7.05 Å². The molecule has 3 nitrogen and oxygen atoms in total. The van der Waals surface area contributed by atoms with E-state index < -0.39 is 0 Å². The molecule has 0 bridgehead atoms. The highest BCUT2D eigenvalue weighted by molar-refractivity contribution is 7.14. The summed E-state index contributed by atoms with van der Waals surface area (Å²) in [7, 11) is 1.93. The number of nitrogens with one attached hydrogen (secondary N) is 1. The summed E-state index contributed by atoms with van der Waals surface area (Å²) in [5.41, 5.74) is 0.